The van der Waals surface area contributed by atoms with Crippen LogP contribution < -0.4 is 4.74 Å². The van der Waals surface area contributed by atoms with E-state index in [2.05, 4.69) is 5.16 Å². The Morgan fingerprint density at radius 1 is 1.10 bits per heavy atom. The fourth-order valence-corrected chi connectivity index (χ4v) is 4.21. The molecule has 0 radical (unpaired) electrons. The third-order valence-corrected chi connectivity index (χ3v) is 6.01. The molecule has 2 heterocycles. The van der Waals surface area contributed by atoms with Crippen LogP contribution in [-0.4, -0.2) is 65.3 Å². The first kappa shape index (κ1) is 21.5. The van der Waals surface area contributed by atoms with Gasteiger partial charge in [-0.1, -0.05) is 16.8 Å². The van der Waals surface area contributed by atoms with Gasteiger partial charge in [0.1, 0.15) is 11.5 Å². The Kier molecular flexibility index (Phi) is 7.44. The lowest BCUT2D eigenvalue weighted by Gasteiger charge is -2.34. The maximum Gasteiger partial charge on any atom is 0.260 e. The van der Waals surface area contributed by atoms with Gasteiger partial charge in [0.15, 0.2) is 6.61 Å². The number of halogens is 1. The van der Waals surface area contributed by atoms with Crippen molar-refractivity contribution in [2.75, 3.05) is 38.5 Å². The Morgan fingerprint density at radius 2 is 1.72 bits per heavy atom. The van der Waals surface area contributed by atoms with Crippen LogP contribution in [0.2, 0.25) is 5.02 Å². The first-order valence-electron chi connectivity index (χ1n) is 9.37. The van der Waals surface area contributed by atoms with Gasteiger partial charge in [-0.15, -0.1) is 11.8 Å². The predicted octanol–water partition coefficient (Wildman–Crippen LogP) is 2.93. The highest BCUT2D eigenvalue weighted by Gasteiger charge is 2.24. The van der Waals surface area contributed by atoms with Crippen LogP contribution in [0.25, 0.3) is 0 Å². The monoisotopic (exact) mass is 437 g/mol. The van der Waals surface area contributed by atoms with E-state index >= 15 is 0 Å². The summed E-state index contributed by atoms with van der Waals surface area (Å²) in [5.41, 5.74) is 1.93. The molecule has 29 heavy (non-hydrogen) atoms. The van der Waals surface area contributed by atoms with Crippen LogP contribution in [0.5, 0.6) is 5.75 Å². The van der Waals surface area contributed by atoms with Gasteiger partial charge in [0.25, 0.3) is 5.91 Å². The number of amides is 2. The predicted molar refractivity (Wildman–Crippen MR) is 112 cm³/mol. The molecule has 1 aromatic carbocycles. The second-order valence-corrected chi connectivity index (χ2v) is 8.22. The number of carbonyl (C=O) groups excluding carboxylic acids is 2. The number of aryl methyl sites for hydroxylation is 2. The van der Waals surface area contributed by atoms with Crippen LogP contribution in [0.4, 0.5) is 0 Å². The summed E-state index contributed by atoms with van der Waals surface area (Å²) in [4.78, 5) is 28.3. The molecule has 7 nitrogen and oxygen atoms in total. The number of rotatable bonds is 7. The van der Waals surface area contributed by atoms with Gasteiger partial charge in [-0.05, 0) is 38.1 Å². The number of carbonyl (C=O) groups is 2. The van der Waals surface area contributed by atoms with Gasteiger partial charge in [-0.25, -0.2) is 0 Å². The van der Waals surface area contributed by atoms with Crippen molar-refractivity contribution in [1.29, 1.82) is 0 Å². The number of hydrogen-bond donors (Lipinski definition) is 0. The first-order valence-corrected chi connectivity index (χ1v) is 10.9. The van der Waals surface area contributed by atoms with E-state index in [1.165, 1.54) is 0 Å². The number of thioether (sulfide) groups is 1. The molecule has 0 unspecified atom stereocenters. The standard InChI is InChI=1S/C20H24ClN3O4S/c1-14-18(15(2)28-22-14)12-29-13-20(26)24-9-7-23(8-10-24)19(25)11-27-17-5-3-16(21)4-6-17/h3-6H,7-13H2,1-2H3. The second-order valence-electron chi connectivity index (χ2n) is 6.80. The summed E-state index contributed by atoms with van der Waals surface area (Å²) >= 11 is 7.39. The molecule has 0 N–H and O–H groups in total. The van der Waals surface area contributed by atoms with Crippen molar-refractivity contribution in [2.24, 2.45) is 0 Å². The Labute approximate surface area is 179 Å². The summed E-state index contributed by atoms with van der Waals surface area (Å²) in [6.45, 7) is 5.87. The molecule has 1 saturated heterocycles. The van der Waals surface area contributed by atoms with E-state index in [0.717, 1.165) is 17.0 Å². The Morgan fingerprint density at radius 3 is 2.31 bits per heavy atom. The lowest BCUT2D eigenvalue weighted by Crippen LogP contribution is -2.52. The highest BCUT2D eigenvalue weighted by molar-refractivity contribution is 7.99. The molecule has 1 aliphatic heterocycles. The van der Waals surface area contributed by atoms with E-state index in [4.69, 9.17) is 20.9 Å². The van der Waals surface area contributed by atoms with Gasteiger partial charge in [-0.2, -0.15) is 0 Å². The molecular weight excluding hydrogens is 414 g/mol. The van der Waals surface area contributed by atoms with E-state index in [0.29, 0.717) is 48.5 Å². The minimum absolute atomic E-state index is 0.0249. The quantitative estimate of drug-likeness (QED) is 0.662. The lowest BCUT2D eigenvalue weighted by atomic mass is 10.2. The zero-order valence-corrected chi connectivity index (χ0v) is 18.1. The minimum atomic E-state index is -0.0835. The van der Waals surface area contributed by atoms with E-state index in [-0.39, 0.29) is 18.4 Å². The van der Waals surface area contributed by atoms with Gasteiger partial charge in [0.05, 0.1) is 11.4 Å². The summed E-state index contributed by atoms with van der Waals surface area (Å²) < 4.78 is 10.7. The van der Waals surface area contributed by atoms with Crippen molar-refractivity contribution in [2.45, 2.75) is 19.6 Å². The normalized spacial score (nSPS) is 14.2. The fraction of sp³-hybridized carbons (Fsp3) is 0.450. The first-order chi connectivity index (χ1) is 13.9. The van der Waals surface area contributed by atoms with Crippen LogP contribution in [0.1, 0.15) is 17.0 Å². The molecule has 2 amide bonds. The number of nitrogens with zero attached hydrogens (tertiary/aromatic N) is 3. The van der Waals surface area contributed by atoms with Crippen molar-refractivity contribution in [3.63, 3.8) is 0 Å². The number of hydrogen-bond acceptors (Lipinski definition) is 6. The molecule has 2 aromatic rings. The average Bonchev–Trinajstić information content (AvgIpc) is 3.05. The van der Waals surface area contributed by atoms with E-state index < -0.39 is 0 Å². The van der Waals surface area contributed by atoms with Gasteiger partial charge in [-0.3, -0.25) is 9.59 Å². The Balaban J connectivity index is 1.37. The maximum atomic E-state index is 12.4. The van der Waals surface area contributed by atoms with Gasteiger partial charge in [0.2, 0.25) is 5.91 Å². The summed E-state index contributed by atoms with van der Waals surface area (Å²) in [6.07, 6.45) is 0. The van der Waals surface area contributed by atoms with Crippen molar-refractivity contribution in [3.8, 4) is 5.75 Å². The molecule has 3 rings (SSSR count). The summed E-state index contributed by atoms with van der Waals surface area (Å²) in [5, 5.41) is 4.55. The molecule has 0 saturated carbocycles. The number of aromatic nitrogens is 1. The number of piperazine rings is 1. The molecule has 0 bridgehead atoms. The average molecular weight is 438 g/mol. The van der Waals surface area contributed by atoms with E-state index in [9.17, 15) is 9.59 Å². The zero-order valence-electron chi connectivity index (χ0n) is 16.5. The highest BCUT2D eigenvalue weighted by atomic mass is 35.5. The Bertz CT molecular complexity index is 828. The number of benzene rings is 1. The van der Waals surface area contributed by atoms with Gasteiger partial charge >= 0.3 is 0 Å². The van der Waals surface area contributed by atoms with Crippen molar-refractivity contribution >= 4 is 35.2 Å². The van der Waals surface area contributed by atoms with Crippen molar-refractivity contribution < 1.29 is 18.8 Å². The van der Waals surface area contributed by atoms with Gasteiger partial charge in [0, 0.05) is 42.5 Å². The van der Waals surface area contributed by atoms with E-state index in [1.807, 2.05) is 18.7 Å². The van der Waals surface area contributed by atoms with Crippen LogP contribution in [0.3, 0.4) is 0 Å². The largest absolute Gasteiger partial charge is 0.484 e. The molecule has 1 aromatic heterocycles. The zero-order chi connectivity index (χ0) is 20.8. The molecule has 0 aliphatic carbocycles. The molecule has 1 fully saturated rings. The second kappa shape index (κ2) is 10.0. The van der Waals surface area contributed by atoms with Crippen LogP contribution in [0.15, 0.2) is 28.8 Å². The minimum Gasteiger partial charge on any atom is -0.484 e. The molecule has 1 aliphatic rings. The number of ether oxygens (including phenoxy) is 1. The topological polar surface area (TPSA) is 75.9 Å². The third kappa shape index (κ3) is 5.90. The summed E-state index contributed by atoms with van der Waals surface area (Å²) in [5.74, 6) is 2.51. The SMILES string of the molecule is Cc1noc(C)c1CSCC(=O)N1CCN(C(=O)COc2ccc(Cl)cc2)CC1. The molecule has 156 valence electrons. The van der Waals surface area contributed by atoms with Crippen LogP contribution in [0, 0.1) is 13.8 Å². The van der Waals surface area contributed by atoms with Crippen molar-refractivity contribution in [3.05, 3.63) is 46.3 Å². The summed E-state index contributed by atoms with van der Waals surface area (Å²) in [6, 6.07) is 6.89. The molecule has 0 spiro atoms. The van der Waals surface area contributed by atoms with Crippen LogP contribution in [-0.2, 0) is 15.3 Å². The maximum absolute atomic E-state index is 12.4. The Hall–Kier alpha value is -2.19. The third-order valence-electron chi connectivity index (χ3n) is 4.81. The van der Waals surface area contributed by atoms with E-state index in [1.54, 1.807) is 40.9 Å². The summed E-state index contributed by atoms with van der Waals surface area (Å²) in [7, 11) is 0. The highest BCUT2D eigenvalue weighted by Crippen LogP contribution is 2.20. The van der Waals surface area contributed by atoms with Crippen LogP contribution >= 0.6 is 23.4 Å². The molecular formula is C20H24ClN3O4S. The smallest absolute Gasteiger partial charge is 0.260 e. The van der Waals surface area contributed by atoms with Crippen molar-refractivity contribution in [1.82, 2.24) is 15.0 Å². The molecule has 9 heteroatoms. The lowest BCUT2D eigenvalue weighted by molar-refractivity contribution is -0.139. The fourth-order valence-electron chi connectivity index (χ4n) is 3.01. The molecule has 0 atom stereocenters. The van der Waals surface area contributed by atoms with Gasteiger partial charge < -0.3 is 19.1 Å².